The van der Waals surface area contributed by atoms with E-state index < -0.39 is 82.9 Å². The zero-order valence-electron chi connectivity index (χ0n) is 22.5. The van der Waals surface area contributed by atoms with E-state index in [-0.39, 0.29) is 22.6 Å². The summed E-state index contributed by atoms with van der Waals surface area (Å²) in [6, 6.07) is 11.5. The molecule has 5 atom stereocenters. The summed E-state index contributed by atoms with van der Waals surface area (Å²) in [4.78, 5) is 25.0. The van der Waals surface area contributed by atoms with E-state index in [0.29, 0.717) is 5.56 Å². The van der Waals surface area contributed by atoms with E-state index in [9.17, 15) is 50.4 Å². The topological polar surface area (TPSA) is 237 Å². The lowest BCUT2D eigenvalue weighted by Gasteiger charge is -2.39. The molecule has 0 radical (unpaired) electrons. The molecular formula is C30H26O14. The molecule has 1 aliphatic heterocycles. The van der Waals surface area contributed by atoms with Crippen molar-refractivity contribution in [1.29, 1.82) is 0 Å². The van der Waals surface area contributed by atoms with Gasteiger partial charge in [-0.2, -0.15) is 0 Å². The summed E-state index contributed by atoms with van der Waals surface area (Å²) in [5.41, 5.74) is -0.700. The van der Waals surface area contributed by atoms with Crippen LogP contribution in [0.3, 0.4) is 0 Å². The first-order valence-corrected chi connectivity index (χ1v) is 13.0. The minimum Gasteiger partial charge on any atom is -0.508 e. The number of aliphatic hydroxyl groups is 3. The number of hydrogen-bond donors (Lipinski definition) is 8. The van der Waals surface area contributed by atoms with Gasteiger partial charge in [0, 0.05) is 23.8 Å². The Kier molecular flexibility index (Phi) is 8.33. The van der Waals surface area contributed by atoms with Crippen LogP contribution in [0.4, 0.5) is 0 Å². The Labute approximate surface area is 247 Å². The number of aromatic hydroxyl groups is 5. The molecule has 14 nitrogen and oxygen atoms in total. The zero-order chi connectivity index (χ0) is 31.7. The molecule has 0 aliphatic carbocycles. The summed E-state index contributed by atoms with van der Waals surface area (Å²) in [6.45, 7) is -0.552. The lowest BCUT2D eigenvalue weighted by Crippen LogP contribution is -2.60. The molecule has 44 heavy (non-hydrogen) atoms. The molecule has 1 aliphatic rings. The van der Waals surface area contributed by atoms with Crippen LogP contribution in [0.1, 0.15) is 5.56 Å². The lowest BCUT2D eigenvalue weighted by molar-refractivity contribution is -0.278. The van der Waals surface area contributed by atoms with Gasteiger partial charge in [-0.05, 0) is 42.0 Å². The van der Waals surface area contributed by atoms with E-state index in [1.165, 1.54) is 24.3 Å². The highest BCUT2D eigenvalue weighted by molar-refractivity contribution is 5.88. The standard InChI is InChI=1S/C30H26O14/c31-15-5-1-13(2-6-15)3-8-22(35)41-12-21-24(36)26(38)28(40)30(44-21)42-16-10-19(34)23-20(11-16)43-29(27(39)25(23)37)14-4-7-17(32)18(33)9-14/h1-11,21,24,26,28,30-34,36,38-40H,12H2/b8-3+/t21-,24-,26+,28-,30-/m1/s1. The number of benzene rings is 3. The quantitative estimate of drug-likeness (QED) is 0.0840. The average Bonchev–Trinajstić information content (AvgIpc) is 2.99. The minimum absolute atomic E-state index is 0.0149. The van der Waals surface area contributed by atoms with Crippen molar-refractivity contribution in [2.75, 3.05) is 6.61 Å². The van der Waals surface area contributed by atoms with Gasteiger partial charge in [0.2, 0.25) is 17.5 Å². The number of aliphatic hydroxyl groups excluding tert-OH is 3. The number of carbonyl (C=O) groups is 1. The number of esters is 1. The highest BCUT2D eigenvalue weighted by Gasteiger charge is 2.45. The monoisotopic (exact) mass is 610 g/mol. The molecule has 0 saturated carbocycles. The number of hydrogen-bond acceptors (Lipinski definition) is 14. The average molecular weight is 611 g/mol. The molecule has 4 aromatic rings. The number of carbonyl (C=O) groups excluding carboxylic acids is 1. The Bertz CT molecular complexity index is 1780. The van der Waals surface area contributed by atoms with Crippen LogP contribution in [0.2, 0.25) is 0 Å². The maximum Gasteiger partial charge on any atom is 0.330 e. The summed E-state index contributed by atoms with van der Waals surface area (Å²) < 4.78 is 21.9. The molecule has 1 aromatic heterocycles. The van der Waals surface area contributed by atoms with Gasteiger partial charge in [-0.3, -0.25) is 4.79 Å². The molecule has 2 heterocycles. The summed E-state index contributed by atoms with van der Waals surface area (Å²) in [5, 5.41) is 80.5. The van der Waals surface area contributed by atoms with Crippen LogP contribution < -0.4 is 10.2 Å². The van der Waals surface area contributed by atoms with Crippen molar-refractivity contribution in [2.45, 2.75) is 30.7 Å². The maximum absolute atomic E-state index is 12.8. The second-order valence-corrected chi connectivity index (χ2v) is 9.82. The van der Waals surface area contributed by atoms with Gasteiger partial charge in [0.15, 0.2) is 17.3 Å². The van der Waals surface area contributed by atoms with Crippen molar-refractivity contribution >= 4 is 23.0 Å². The van der Waals surface area contributed by atoms with Crippen LogP contribution in [-0.2, 0) is 14.3 Å². The molecule has 3 aromatic carbocycles. The fourth-order valence-electron chi connectivity index (χ4n) is 4.44. The summed E-state index contributed by atoms with van der Waals surface area (Å²) in [5.74, 6) is -3.98. The van der Waals surface area contributed by atoms with Gasteiger partial charge >= 0.3 is 5.97 Å². The highest BCUT2D eigenvalue weighted by atomic mass is 16.7. The molecule has 1 saturated heterocycles. The van der Waals surface area contributed by atoms with Crippen LogP contribution in [0.15, 0.2) is 69.9 Å². The fraction of sp³-hybridized carbons (Fsp3) is 0.200. The molecule has 8 N–H and O–H groups in total. The Morgan fingerprint density at radius 2 is 1.57 bits per heavy atom. The number of rotatable bonds is 7. The van der Waals surface area contributed by atoms with Crippen LogP contribution in [0, 0.1) is 0 Å². The van der Waals surface area contributed by atoms with Crippen molar-refractivity contribution in [3.8, 4) is 45.8 Å². The van der Waals surface area contributed by atoms with Crippen LogP contribution in [0.25, 0.3) is 28.4 Å². The van der Waals surface area contributed by atoms with E-state index in [2.05, 4.69) is 0 Å². The molecule has 0 unspecified atom stereocenters. The van der Waals surface area contributed by atoms with Crippen molar-refractivity contribution < 1.29 is 64.3 Å². The lowest BCUT2D eigenvalue weighted by atomic mass is 9.99. The first-order chi connectivity index (χ1) is 20.9. The van der Waals surface area contributed by atoms with Crippen LogP contribution in [-0.4, -0.2) is 84.1 Å². The van der Waals surface area contributed by atoms with E-state index in [1.807, 2.05) is 0 Å². The third-order valence-corrected chi connectivity index (χ3v) is 6.78. The molecular weight excluding hydrogens is 584 g/mol. The number of phenols is 4. The van der Waals surface area contributed by atoms with E-state index >= 15 is 0 Å². The Morgan fingerprint density at radius 1 is 0.841 bits per heavy atom. The Hall–Kier alpha value is -5.28. The van der Waals surface area contributed by atoms with Crippen LogP contribution in [0.5, 0.6) is 34.5 Å². The van der Waals surface area contributed by atoms with Gasteiger partial charge < -0.3 is 59.5 Å². The first-order valence-electron chi connectivity index (χ1n) is 13.0. The van der Waals surface area contributed by atoms with E-state index in [1.54, 1.807) is 12.1 Å². The number of ether oxygens (including phenoxy) is 3. The molecule has 0 bridgehead atoms. The maximum atomic E-state index is 12.8. The van der Waals surface area contributed by atoms with Gasteiger partial charge in [-0.1, -0.05) is 12.1 Å². The van der Waals surface area contributed by atoms with Crippen molar-refractivity contribution in [2.24, 2.45) is 0 Å². The third-order valence-electron chi connectivity index (χ3n) is 6.78. The molecule has 5 rings (SSSR count). The van der Waals surface area contributed by atoms with Gasteiger partial charge in [0.25, 0.3) is 0 Å². The summed E-state index contributed by atoms with van der Waals surface area (Å²) in [6.07, 6.45) is -5.81. The van der Waals surface area contributed by atoms with Crippen LogP contribution >= 0.6 is 0 Å². The van der Waals surface area contributed by atoms with Gasteiger partial charge in [0.05, 0.1) is 0 Å². The molecule has 0 amide bonds. The number of phenolic OH excluding ortho intramolecular Hbond substituents is 4. The minimum atomic E-state index is -1.81. The van der Waals surface area contributed by atoms with Crippen molar-refractivity contribution in [3.63, 3.8) is 0 Å². The van der Waals surface area contributed by atoms with Gasteiger partial charge in [-0.25, -0.2) is 4.79 Å². The summed E-state index contributed by atoms with van der Waals surface area (Å²) in [7, 11) is 0. The van der Waals surface area contributed by atoms with Gasteiger partial charge in [-0.15, -0.1) is 0 Å². The zero-order valence-corrected chi connectivity index (χ0v) is 22.5. The molecule has 1 fully saturated rings. The SMILES string of the molecule is O=C(/C=C/c1ccc(O)cc1)OC[C@H]1O[C@@H](Oc2cc(O)c3c(=O)c(O)c(-c4ccc(O)c(O)c4)oc3c2)[C@H](O)[C@@H](O)[C@@H]1O. The number of fused-ring (bicyclic) bond motifs is 1. The summed E-state index contributed by atoms with van der Waals surface area (Å²) >= 11 is 0. The molecule has 0 spiro atoms. The van der Waals surface area contributed by atoms with E-state index in [4.69, 9.17) is 18.6 Å². The predicted molar refractivity (Wildman–Crippen MR) is 150 cm³/mol. The first kappa shape index (κ1) is 30.2. The largest absolute Gasteiger partial charge is 0.508 e. The Morgan fingerprint density at radius 3 is 2.27 bits per heavy atom. The van der Waals surface area contributed by atoms with E-state index in [0.717, 1.165) is 30.3 Å². The normalized spacial score (nSPS) is 21.8. The smallest absolute Gasteiger partial charge is 0.330 e. The highest BCUT2D eigenvalue weighted by Crippen LogP contribution is 2.38. The van der Waals surface area contributed by atoms with Gasteiger partial charge in [0.1, 0.15) is 59.2 Å². The molecule has 230 valence electrons. The fourth-order valence-corrected chi connectivity index (χ4v) is 4.44. The predicted octanol–water partition coefficient (Wildman–Crippen LogP) is 1.43. The Balaban J connectivity index is 1.35. The van der Waals surface area contributed by atoms with Crippen molar-refractivity contribution in [1.82, 2.24) is 0 Å². The molecule has 14 heteroatoms. The third kappa shape index (κ3) is 6.09. The second kappa shape index (κ2) is 12.1. The second-order valence-electron chi connectivity index (χ2n) is 9.82. The van der Waals surface area contributed by atoms with Crippen molar-refractivity contribution in [3.05, 3.63) is 76.5 Å².